The Balaban J connectivity index is 1.40. The number of fused-ring (bicyclic) bond motifs is 6. The molecule has 0 fully saturated rings. The summed E-state index contributed by atoms with van der Waals surface area (Å²) in [5.74, 6) is 1.87. The predicted molar refractivity (Wildman–Crippen MR) is 179 cm³/mol. The molecule has 0 radical (unpaired) electrons. The van der Waals surface area contributed by atoms with Crippen molar-refractivity contribution in [3.8, 4) is 34.4 Å². The molecule has 0 aliphatic carbocycles. The minimum Gasteiger partial charge on any atom is -0.317 e. The van der Waals surface area contributed by atoms with Crippen LogP contribution in [-0.4, -0.2) is 24.1 Å². The van der Waals surface area contributed by atoms with Crippen molar-refractivity contribution in [2.24, 2.45) is 0 Å². The second-order valence-corrected chi connectivity index (χ2v) is 11.0. The lowest BCUT2D eigenvalue weighted by Gasteiger charge is -2.12. The molecule has 0 bridgehead atoms. The highest BCUT2D eigenvalue weighted by Crippen LogP contribution is 2.38. The zero-order chi connectivity index (χ0) is 29.0. The van der Waals surface area contributed by atoms with Crippen LogP contribution in [0.5, 0.6) is 0 Å². The van der Waals surface area contributed by atoms with Crippen LogP contribution >= 0.6 is 0 Å². The first-order valence-electron chi connectivity index (χ1n) is 14.7. The average molecular weight is 564 g/mol. The Labute approximate surface area is 253 Å². The van der Waals surface area contributed by atoms with Gasteiger partial charge in [0.05, 0.1) is 16.6 Å². The molecule has 6 aromatic carbocycles. The zero-order valence-corrected chi connectivity index (χ0v) is 23.7. The van der Waals surface area contributed by atoms with E-state index in [1.807, 2.05) is 60.7 Å². The van der Waals surface area contributed by atoms with E-state index in [9.17, 15) is 0 Å². The molecular weight excluding hydrogens is 538 g/mol. The Hall–Kier alpha value is -6.07. The molecule has 0 amide bonds. The number of benzene rings is 6. The number of rotatable bonds is 4. The summed E-state index contributed by atoms with van der Waals surface area (Å²) >= 11 is 0. The van der Waals surface area contributed by atoms with Crippen LogP contribution in [0.25, 0.3) is 77.9 Å². The van der Waals surface area contributed by atoms with Gasteiger partial charge in [-0.05, 0) is 41.8 Å². The molecular formula is C39H25N5. The SMILES string of the molecule is c1ccc(-c2nc(-c3ccccc3)nc(-n3c4ccccc4c4ccc5cc6ccn(-c7ccccc7)c6cc5c43)n2)cc1. The molecule has 0 atom stereocenters. The Morgan fingerprint density at radius 2 is 1.07 bits per heavy atom. The van der Waals surface area contributed by atoms with Crippen molar-refractivity contribution in [2.45, 2.75) is 0 Å². The van der Waals surface area contributed by atoms with E-state index in [2.05, 4.69) is 100 Å². The van der Waals surface area contributed by atoms with Gasteiger partial charge in [-0.15, -0.1) is 0 Å². The second-order valence-electron chi connectivity index (χ2n) is 11.0. The van der Waals surface area contributed by atoms with Crippen LogP contribution in [0.4, 0.5) is 0 Å². The quantitative estimate of drug-likeness (QED) is 0.214. The van der Waals surface area contributed by atoms with Crippen LogP contribution < -0.4 is 0 Å². The Bertz CT molecular complexity index is 2420. The van der Waals surface area contributed by atoms with E-state index < -0.39 is 0 Å². The third-order valence-electron chi connectivity index (χ3n) is 8.38. The van der Waals surface area contributed by atoms with Gasteiger partial charge in [-0.3, -0.25) is 4.57 Å². The summed E-state index contributed by atoms with van der Waals surface area (Å²) in [6.07, 6.45) is 2.15. The summed E-state index contributed by atoms with van der Waals surface area (Å²) in [7, 11) is 0. The highest BCUT2D eigenvalue weighted by atomic mass is 15.2. The average Bonchev–Trinajstić information content (AvgIpc) is 3.67. The van der Waals surface area contributed by atoms with Crippen molar-refractivity contribution in [2.75, 3.05) is 0 Å². The van der Waals surface area contributed by atoms with E-state index in [0.717, 1.165) is 49.5 Å². The molecule has 0 saturated heterocycles. The fraction of sp³-hybridized carbons (Fsp3) is 0. The van der Waals surface area contributed by atoms with Gasteiger partial charge in [0, 0.05) is 44.6 Å². The molecule has 0 spiro atoms. The summed E-state index contributed by atoms with van der Waals surface area (Å²) < 4.78 is 4.47. The van der Waals surface area contributed by atoms with E-state index in [1.54, 1.807) is 0 Å². The number of hydrogen-bond acceptors (Lipinski definition) is 3. The first-order valence-corrected chi connectivity index (χ1v) is 14.7. The lowest BCUT2D eigenvalue weighted by molar-refractivity contribution is 0.955. The van der Waals surface area contributed by atoms with Crippen molar-refractivity contribution >= 4 is 43.5 Å². The van der Waals surface area contributed by atoms with Crippen molar-refractivity contribution in [3.63, 3.8) is 0 Å². The number of aromatic nitrogens is 5. The minimum absolute atomic E-state index is 0.593. The number of hydrogen-bond donors (Lipinski definition) is 0. The van der Waals surface area contributed by atoms with E-state index in [0.29, 0.717) is 17.6 Å². The molecule has 0 saturated carbocycles. The summed E-state index contributed by atoms with van der Waals surface area (Å²) in [4.78, 5) is 15.2. The van der Waals surface area contributed by atoms with Crippen molar-refractivity contribution in [1.82, 2.24) is 24.1 Å². The normalized spacial score (nSPS) is 11.6. The van der Waals surface area contributed by atoms with Gasteiger partial charge in [0.25, 0.3) is 0 Å². The molecule has 0 aliphatic rings. The van der Waals surface area contributed by atoms with Gasteiger partial charge in [-0.2, -0.15) is 9.97 Å². The minimum atomic E-state index is 0.593. The third-order valence-corrected chi connectivity index (χ3v) is 8.38. The van der Waals surface area contributed by atoms with Crippen molar-refractivity contribution in [1.29, 1.82) is 0 Å². The lowest BCUT2D eigenvalue weighted by atomic mass is 10.0. The largest absolute Gasteiger partial charge is 0.317 e. The van der Waals surface area contributed by atoms with Gasteiger partial charge in [0.2, 0.25) is 5.95 Å². The van der Waals surface area contributed by atoms with E-state index in [4.69, 9.17) is 15.0 Å². The monoisotopic (exact) mass is 563 g/mol. The van der Waals surface area contributed by atoms with Crippen LogP contribution in [0, 0.1) is 0 Å². The van der Waals surface area contributed by atoms with Gasteiger partial charge < -0.3 is 4.57 Å². The van der Waals surface area contributed by atoms with Crippen molar-refractivity contribution < 1.29 is 0 Å². The molecule has 3 aromatic heterocycles. The van der Waals surface area contributed by atoms with Crippen LogP contribution in [0.2, 0.25) is 0 Å². The number of para-hydroxylation sites is 2. The smallest absolute Gasteiger partial charge is 0.238 e. The topological polar surface area (TPSA) is 48.5 Å². The molecule has 44 heavy (non-hydrogen) atoms. The van der Waals surface area contributed by atoms with E-state index in [1.165, 1.54) is 10.8 Å². The van der Waals surface area contributed by atoms with E-state index >= 15 is 0 Å². The summed E-state index contributed by atoms with van der Waals surface area (Å²) in [6.45, 7) is 0. The Morgan fingerprint density at radius 3 is 1.77 bits per heavy atom. The second kappa shape index (κ2) is 9.75. The number of nitrogens with zero attached hydrogens (tertiary/aromatic N) is 5. The summed E-state index contributed by atoms with van der Waals surface area (Å²) in [5, 5.41) is 5.82. The maximum atomic E-state index is 5.13. The molecule has 5 heteroatoms. The molecule has 0 N–H and O–H groups in total. The highest BCUT2D eigenvalue weighted by Gasteiger charge is 2.20. The first-order chi connectivity index (χ1) is 21.8. The fourth-order valence-corrected chi connectivity index (χ4v) is 6.33. The van der Waals surface area contributed by atoms with Gasteiger partial charge in [0.1, 0.15) is 0 Å². The molecule has 9 rings (SSSR count). The lowest BCUT2D eigenvalue weighted by Crippen LogP contribution is -2.06. The van der Waals surface area contributed by atoms with Gasteiger partial charge >= 0.3 is 0 Å². The van der Waals surface area contributed by atoms with Gasteiger partial charge in [-0.1, -0.05) is 109 Å². The molecule has 5 nitrogen and oxygen atoms in total. The van der Waals surface area contributed by atoms with Crippen LogP contribution in [0.3, 0.4) is 0 Å². The molecule has 0 unspecified atom stereocenters. The summed E-state index contributed by atoms with van der Waals surface area (Å²) in [6, 6.07) is 50.5. The maximum absolute atomic E-state index is 5.13. The summed E-state index contributed by atoms with van der Waals surface area (Å²) in [5.41, 5.74) is 6.31. The third kappa shape index (κ3) is 3.83. The predicted octanol–water partition coefficient (Wildman–Crippen LogP) is 9.40. The van der Waals surface area contributed by atoms with Crippen LogP contribution in [0.1, 0.15) is 0 Å². The van der Waals surface area contributed by atoms with Crippen LogP contribution in [0.15, 0.2) is 152 Å². The van der Waals surface area contributed by atoms with Gasteiger partial charge in [-0.25, -0.2) is 4.98 Å². The molecule has 206 valence electrons. The first kappa shape index (κ1) is 24.5. The standard InChI is InChI=1S/C39H25N5/c1-4-12-26(13-5-1)37-40-38(27-14-6-2-7-15-27)42-39(41-37)44-34-19-11-10-18-31(34)32-21-20-28-24-29-22-23-43(30-16-8-3-9-17-30)35(29)25-33(28)36(32)44/h1-25H. The highest BCUT2D eigenvalue weighted by molar-refractivity contribution is 6.20. The molecule has 3 heterocycles. The molecule has 9 aromatic rings. The van der Waals surface area contributed by atoms with E-state index in [-0.39, 0.29) is 0 Å². The Morgan fingerprint density at radius 1 is 0.432 bits per heavy atom. The zero-order valence-electron chi connectivity index (χ0n) is 23.7. The molecule has 0 aliphatic heterocycles. The Kier molecular flexibility index (Phi) is 5.43. The fourth-order valence-electron chi connectivity index (χ4n) is 6.33. The van der Waals surface area contributed by atoms with Crippen molar-refractivity contribution in [3.05, 3.63) is 152 Å². The maximum Gasteiger partial charge on any atom is 0.238 e. The van der Waals surface area contributed by atoms with Gasteiger partial charge in [0.15, 0.2) is 11.6 Å². The van der Waals surface area contributed by atoms with Crippen LogP contribution in [-0.2, 0) is 0 Å².